The van der Waals surface area contributed by atoms with Gasteiger partial charge in [-0.2, -0.15) is 0 Å². The van der Waals surface area contributed by atoms with Gasteiger partial charge in [0, 0.05) is 17.6 Å². The molecule has 3 rings (SSSR count). The van der Waals surface area contributed by atoms with Crippen molar-refractivity contribution in [2.75, 3.05) is 17.5 Å². The Labute approximate surface area is 241 Å². The van der Waals surface area contributed by atoms with Crippen LogP contribution in [0.2, 0.25) is 5.02 Å². The highest BCUT2D eigenvalue weighted by atomic mass is 35.5. The topological polar surface area (TPSA) is 96.0 Å². The van der Waals surface area contributed by atoms with Crippen molar-refractivity contribution in [3.8, 4) is 5.75 Å². The maximum Gasteiger partial charge on any atom is 0.264 e. The number of rotatable bonds is 13. The number of hydrogen-bond donors (Lipinski definition) is 1. The summed E-state index contributed by atoms with van der Waals surface area (Å²) in [5, 5.41) is 3.40. The molecule has 3 aromatic rings. The third-order valence-electron chi connectivity index (χ3n) is 6.45. The van der Waals surface area contributed by atoms with Crippen LogP contribution < -0.4 is 14.4 Å². The average Bonchev–Trinajstić information content (AvgIpc) is 2.95. The van der Waals surface area contributed by atoms with Crippen LogP contribution in [0.3, 0.4) is 0 Å². The molecule has 2 atom stereocenters. The van der Waals surface area contributed by atoms with E-state index in [1.54, 1.807) is 80.6 Å². The van der Waals surface area contributed by atoms with Crippen LogP contribution in [0.5, 0.6) is 5.75 Å². The number of carbonyl (C=O) groups excluding carboxylic acids is 2. The van der Waals surface area contributed by atoms with Gasteiger partial charge in [-0.1, -0.05) is 61.0 Å². The fourth-order valence-electron chi connectivity index (χ4n) is 4.05. The van der Waals surface area contributed by atoms with Crippen LogP contribution in [-0.2, 0) is 26.2 Å². The second-order valence-corrected chi connectivity index (χ2v) is 11.7. The zero-order chi connectivity index (χ0) is 29.3. The fraction of sp³-hybridized carbons (Fsp3) is 0.333. The molecule has 0 aromatic heterocycles. The largest absolute Gasteiger partial charge is 0.492 e. The number of nitrogens with one attached hydrogen (secondary N) is 1. The summed E-state index contributed by atoms with van der Waals surface area (Å²) in [7, 11) is -4.19. The fourth-order valence-corrected chi connectivity index (χ4v) is 5.71. The number of anilines is 1. The lowest BCUT2D eigenvalue weighted by Crippen LogP contribution is -2.52. The van der Waals surface area contributed by atoms with Crippen molar-refractivity contribution in [2.24, 2.45) is 0 Å². The molecule has 0 fully saturated rings. The van der Waals surface area contributed by atoms with E-state index in [2.05, 4.69) is 5.32 Å². The number of hydrogen-bond acceptors (Lipinski definition) is 5. The predicted octanol–water partition coefficient (Wildman–Crippen LogP) is 5.27. The highest BCUT2D eigenvalue weighted by Gasteiger charge is 2.34. The summed E-state index contributed by atoms with van der Waals surface area (Å²) >= 11 is 6.19. The number of nitrogens with zero attached hydrogens (tertiary/aromatic N) is 2. The number of para-hydroxylation sites is 2. The van der Waals surface area contributed by atoms with Crippen LogP contribution in [0.15, 0.2) is 83.8 Å². The van der Waals surface area contributed by atoms with E-state index >= 15 is 0 Å². The Bertz CT molecular complexity index is 1400. The molecule has 0 aliphatic carbocycles. The summed E-state index contributed by atoms with van der Waals surface area (Å²) in [6.45, 7) is 7.06. The molecule has 2 amide bonds. The summed E-state index contributed by atoms with van der Waals surface area (Å²) < 4.78 is 34.7. The van der Waals surface area contributed by atoms with Gasteiger partial charge in [0.2, 0.25) is 11.8 Å². The van der Waals surface area contributed by atoms with Gasteiger partial charge in [-0.25, -0.2) is 8.42 Å². The Hall–Kier alpha value is -3.56. The van der Waals surface area contributed by atoms with E-state index in [0.29, 0.717) is 22.9 Å². The first-order valence-corrected chi connectivity index (χ1v) is 15.0. The zero-order valence-corrected chi connectivity index (χ0v) is 24.8. The van der Waals surface area contributed by atoms with Gasteiger partial charge in [0.1, 0.15) is 18.3 Å². The Kier molecular flexibility index (Phi) is 11.0. The van der Waals surface area contributed by atoms with Crippen molar-refractivity contribution in [3.05, 3.63) is 89.4 Å². The summed E-state index contributed by atoms with van der Waals surface area (Å²) in [6.07, 6.45) is 0.720. The van der Waals surface area contributed by atoms with E-state index < -0.39 is 28.5 Å². The van der Waals surface area contributed by atoms with E-state index in [4.69, 9.17) is 16.3 Å². The lowest BCUT2D eigenvalue weighted by atomic mass is 10.1. The van der Waals surface area contributed by atoms with Gasteiger partial charge in [0.25, 0.3) is 10.0 Å². The van der Waals surface area contributed by atoms with E-state index in [0.717, 1.165) is 10.7 Å². The normalized spacial score (nSPS) is 12.7. The quantitative estimate of drug-likeness (QED) is 0.295. The highest BCUT2D eigenvalue weighted by Crippen LogP contribution is 2.33. The molecule has 0 bridgehead atoms. The first kappa shape index (κ1) is 31.0. The van der Waals surface area contributed by atoms with Crippen LogP contribution in [0.25, 0.3) is 0 Å². The molecule has 0 radical (unpaired) electrons. The molecule has 1 N–H and O–H groups in total. The molecule has 0 unspecified atom stereocenters. The van der Waals surface area contributed by atoms with Gasteiger partial charge < -0.3 is 15.0 Å². The van der Waals surface area contributed by atoms with Crippen molar-refractivity contribution in [2.45, 2.75) is 57.6 Å². The molecule has 3 aromatic carbocycles. The van der Waals surface area contributed by atoms with Crippen LogP contribution in [0.1, 0.15) is 39.7 Å². The van der Waals surface area contributed by atoms with Crippen molar-refractivity contribution in [3.63, 3.8) is 0 Å². The van der Waals surface area contributed by atoms with Crippen LogP contribution in [0, 0.1) is 0 Å². The van der Waals surface area contributed by atoms with Crippen molar-refractivity contribution < 1.29 is 22.7 Å². The molecule has 0 aliphatic rings. The number of amides is 2. The average molecular weight is 586 g/mol. The van der Waals surface area contributed by atoms with E-state index in [-0.39, 0.29) is 29.1 Å². The third kappa shape index (κ3) is 7.76. The first-order chi connectivity index (χ1) is 19.1. The molecular weight excluding hydrogens is 550 g/mol. The lowest BCUT2D eigenvalue weighted by Gasteiger charge is -2.33. The monoisotopic (exact) mass is 585 g/mol. The SMILES string of the molecule is CCOc1ccccc1N(CC(=O)N(Cc1cccc(Cl)c1)[C@@H](C)C(=O)N[C@@H](C)CC)S(=O)(=O)c1ccccc1. The summed E-state index contributed by atoms with van der Waals surface area (Å²) in [5.41, 5.74) is 0.928. The number of benzene rings is 3. The summed E-state index contributed by atoms with van der Waals surface area (Å²) in [6, 6.07) is 20.6. The standard InChI is InChI=1S/C30H36ClN3O5S/c1-5-22(3)32-30(36)23(4)33(20-24-13-12-14-25(31)19-24)29(35)21-34(27-17-10-11-18-28(27)39-6-2)40(37,38)26-15-8-7-9-16-26/h7-19,22-23H,5-6,20-21H2,1-4H3,(H,32,36)/t22-,23-/m0/s1. The van der Waals surface area contributed by atoms with Crippen LogP contribution >= 0.6 is 11.6 Å². The maximum atomic E-state index is 14.0. The highest BCUT2D eigenvalue weighted by molar-refractivity contribution is 7.92. The van der Waals surface area contributed by atoms with Gasteiger partial charge in [-0.3, -0.25) is 13.9 Å². The third-order valence-corrected chi connectivity index (χ3v) is 8.46. The minimum Gasteiger partial charge on any atom is -0.492 e. The second kappa shape index (κ2) is 14.2. The van der Waals surface area contributed by atoms with Crippen molar-refractivity contribution in [1.82, 2.24) is 10.2 Å². The minimum atomic E-state index is -4.19. The molecule has 0 saturated heterocycles. The summed E-state index contributed by atoms with van der Waals surface area (Å²) in [5.74, 6) is -0.573. The molecule has 0 spiro atoms. The molecule has 10 heteroatoms. The first-order valence-electron chi connectivity index (χ1n) is 13.2. The molecule has 0 saturated carbocycles. The zero-order valence-electron chi connectivity index (χ0n) is 23.2. The Morgan fingerprint density at radius 2 is 1.62 bits per heavy atom. The molecular formula is C30H36ClN3O5S. The second-order valence-electron chi connectivity index (χ2n) is 9.37. The number of halogens is 1. The van der Waals surface area contributed by atoms with Crippen LogP contribution in [-0.4, -0.2) is 50.4 Å². The Balaban J connectivity index is 2.06. The van der Waals surface area contributed by atoms with E-state index in [9.17, 15) is 18.0 Å². The van der Waals surface area contributed by atoms with Gasteiger partial charge in [0.05, 0.1) is 17.2 Å². The Morgan fingerprint density at radius 1 is 0.950 bits per heavy atom. The van der Waals surface area contributed by atoms with Gasteiger partial charge in [-0.15, -0.1) is 0 Å². The summed E-state index contributed by atoms with van der Waals surface area (Å²) in [4.78, 5) is 28.6. The maximum absolute atomic E-state index is 14.0. The van der Waals surface area contributed by atoms with Gasteiger partial charge in [-0.05, 0) is 69.2 Å². The number of carbonyl (C=O) groups is 2. The van der Waals surface area contributed by atoms with Crippen molar-refractivity contribution in [1.29, 1.82) is 0 Å². The molecule has 40 heavy (non-hydrogen) atoms. The van der Waals surface area contributed by atoms with E-state index in [1.165, 1.54) is 17.0 Å². The molecule has 8 nitrogen and oxygen atoms in total. The van der Waals surface area contributed by atoms with Gasteiger partial charge >= 0.3 is 0 Å². The molecule has 214 valence electrons. The predicted molar refractivity (Wildman–Crippen MR) is 158 cm³/mol. The Morgan fingerprint density at radius 3 is 2.27 bits per heavy atom. The lowest BCUT2D eigenvalue weighted by molar-refractivity contribution is -0.139. The smallest absolute Gasteiger partial charge is 0.264 e. The van der Waals surface area contributed by atoms with E-state index in [1.807, 2.05) is 13.8 Å². The van der Waals surface area contributed by atoms with Gasteiger partial charge in [0.15, 0.2) is 0 Å². The number of sulfonamides is 1. The molecule has 0 aliphatic heterocycles. The minimum absolute atomic E-state index is 0.0260. The number of ether oxygens (including phenoxy) is 1. The van der Waals surface area contributed by atoms with Crippen molar-refractivity contribution >= 4 is 39.1 Å². The van der Waals surface area contributed by atoms with Crippen LogP contribution in [0.4, 0.5) is 5.69 Å². The molecule has 0 heterocycles.